The van der Waals surface area contributed by atoms with Gasteiger partial charge in [0.25, 0.3) is 0 Å². The lowest BCUT2D eigenvalue weighted by Crippen LogP contribution is -2.09. The summed E-state index contributed by atoms with van der Waals surface area (Å²) in [5, 5.41) is 6.33. The summed E-state index contributed by atoms with van der Waals surface area (Å²) >= 11 is 1.93. The van der Waals surface area contributed by atoms with E-state index in [1.807, 2.05) is 25.4 Å². The van der Waals surface area contributed by atoms with Gasteiger partial charge in [-0.2, -0.15) is 0 Å². The lowest BCUT2D eigenvalue weighted by atomic mass is 10.3. The van der Waals surface area contributed by atoms with Gasteiger partial charge >= 0.3 is 0 Å². The van der Waals surface area contributed by atoms with Crippen molar-refractivity contribution >= 4 is 11.3 Å². The van der Waals surface area contributed by atoms with E-state index in [0.29, 0.717) is 0 Å². The molecule has 0 saturated carbocycles. The highest BCUT2D eigenvalue weighted by Crippen LogP contribution is 2.16. The second kappa shape index (κ2) is 6.13. The summed E-state index contributed by atoms with van der Waals surface area (Å²) < 4.78 is 0. The number of hydrogen-bond acceptors (Lipinski definition) is 3. The van der Waals surface area contributed by atoms with Crippen molar-refractivity contribution in [3.05, 3.63) is 21.9 Å². The van der Waals surface area contributed by atoms with Crippen molar-refractivity contribution in [1.29, 1.82) is 0 Å². The third kappa shape index (κ3) is 3.89. The molecule has 13 heavy (non-hydrogen) atoms. The maximum Gasteiger partial charge on any atom is 0.00608 e. The average molecular weight is 198 g/mol. The Morgan fingerprint density at radius 3 is 1.85 bits per heavy atom. The van der Waals surface area contributed by atoms with Crippen LogP contribution < -0.4 is 10.6 Å². The predicted octanol–water partition coefficient (Wildman–Crippen LogP) is 1.27. The van der Waals surface area contributed by atoms with Crippen molar-refractivity contribution in [2.75, 3.05) is 27.2 Å². The summed E-state index contributed by atoms with van der Waals surface area (Å²) in [5.74, 6) is 0. The highest BCUT2D eigenvalue weighted by molar-refractivity contribution is 7.11. The van der Waals surface area contributed by atoms with E-state index in [1.54, 1.807) is 0 Å². The Bertz CT molecular complexity index is 210. The predicted molar refractivity (Wildman–Crippen MR) is 59.6 cm³/mol. The second-order valence-electron chi connectivity index (χ2n) is 3.08. The first-order valence-corrected chi connectivity index (χ1v) is 5.55. The van der Waals surface area contributed by atoms with E-state index in [9.17, 15) is 0 Å². The molecule has 74 valence electrons. The van der Waals surface area contributed by atoms with E-state index in [4.69, 9.17) is 0 Å². The Labute approximate surface area is 84.4 Å². The third-order valence-electron chi connectivity index (χ3n) is 1.96. The molecule has 2 nitrogen and oxygen atoms in total. The molecule has 0 amide bonds. The molecule has 0 fully saturated rings. The lowest BCUT2D eigenvalue weighted by Gasteiger charge is -1.96. The van der Waals surface area contributed by atoms with E-state index >= 15 is 0 Å². The third-order valence-corrected chi connectivity index (χ3v) is 3.16. The van der Waals surface area contributed by atoms with Gasteiger partial charge in [0.1, 0.15) is 0 Å². The molecule has 0 saturated heterocycles. The highest BCUT2D eigenvalue weighted by Gasteiger charge is 1.98. The van der Waals surface area contributed by atoms with E-state index in [2.05, 4.69) is 22.8 Å². The van der Waals surface area contributed by atoms with Crippen LogP contribution in [-0.4, -0.2) is 27.2 Å². The van der Waals surface area contributed by atoms with Gasteiger partial charge in [0.15, 0.2) is 0 Å². The molecular weight excluding hydrogens is 180 g/mol. The van der Waals surface area contributed by atoms with Crippen LogP contribution in [0, 0.1) is 0 Å². The molecule has 1 rings (SSSR count). The molecule has 0 spiro atoms. The first-order valence-electron chi connectivity index (χ1n) is 4.73. The van der Waals surface area contributed by atoms with Crippen LogP contribution in [0.1, 0.15) is 9.75 Å². The van der Waals surface area contributed by atoms with Crippen molar-refractivity contribution in [2.45, 2.75) is 12.8 Å². The van der Waals surface area contributed by atoms with Gasteiger partial charge in [0.05, 0.1) is 0 Å². The van der Waals surface area contributed by atoms with Crippen molar-refractivity contribution in [3.63, 3.8) is 0 Å². The Morgan fingerprint density at radius 2 is 1.46 bits per heavy atom. The molecule has 3 heteroatoms. The zero-order valence-corrected chi connectivity index (χ0v) is 9.21. The van der Waals surface area contributed by atoms with Crippen molar-refractivity contribution in [1.82, 2.24) is 10.6 Å². The fourth-order valence-electron chi connectivity index (χ4n) is 1.19. The van der Waals surface area contributed by atoms with Gasteiger partial charge in [0.2, 0.25) is 0 Å². The SMILES string of the molecule is CNCCc1ccc(CCNC)s1. The van der Waals surface area contributed by atoms with Crippen LogP contribution in [0.4, 0.5) is 0 Å². The number of thiophene rings is 1. The fraction of sp³-hybridized carbons (Fsp3) is 0.600. The van der Waals surface area contributed by atoms with Gasteiger partial charge in [-0.3, -0.25) is 0 Å². The fourth-order valence-corrected chi connectivity index (χ4v) is 2.20. The summed E-state index contributed by atoms with van der Waals surface area (Å²) in [4.78, 5) is 2.97. The summed E-state index contributed by atoms with van der Waals surface area (Å²) in [7, 11) is 3.99. The van der Waals surface area contributed by atoms with Gasteiger partial charge in [-0.25, -0.2) is 0 Å². The van der Waals surface area contributed by atoms with Crippen LogP contribution >= 0.6 is 11.3 Å². The van der Waals surface area contributed by atoms with E-state index < -0.39 is 0 Å². The smallest absolute Gasteiger partial charge is 0.00608 e. The Hall–Kier alpha value is -0.380. The number of likely N-dealkylation sites (N-methyl/N-ethyl adjacent to an activating group) is 2. The summed E-state index contributed by atoms with van der Waals surface area (Å²) in [6.07, 6.45) is 2.31. The monoisotopic (exact) mass is 198 g/mol. The van der Waals surface area contributed by atoms with Gasteiger partial charge < -0.3 is 10.6 Å². The average Bonchev–Trinajstić information content (AvgIpc) is 2.59. The van der Waals surface area contributed by atoms with Crippen LogP contribution in [0.5, 0.6) is 0 Å². The van der Waals surface area contributed by atoms with E-state index in [1.165, 1.54) is 9.75 Å². The zero-order chi connectivity index (χ0) is 9.52. The molecule has 0 radical (unpaired) electrons. The Morgan fingerprint density at radius 1 is 1.00 bits per heavy atom. The van der Waals surface area contributed by atoms with E-state index in [0.717, 1.165) is 25.9 Å². The van der Waals surface area contributed by atoms with Crippen LogP contribution in [0.15, 0.2) is 12.1 Å². The second-order valence-corrected chi connectivity index (χ2v) is 4.33. The molecule has 0 aromatic carbocycles. The maximum absolute atomic E-state index is 3.16. The van der Waals surface area contributed by atoms with Crippen LogP contribution in [0.3, 0.4) is 0 Å². The molecule has 0 aliphatic rings. The summed E-state index contributed by atoms with van der Waals surface area (Å²) in [5.41, 5.74) is 0. The molecule has 1 heterocycles. The quantitative estimate of drug-likeness (QED) is 0.719. The molecule has 0 atom stereocenters. The zero-order valence-electron chi connectivity index (χ0n) is 8.39. The number of nitrogens with one attached hydrogen (secondary N) is 2. The first kappa shape index (κ1) is 10.7. The minimum Gasteiger partial charge on any atom is -0.319 e. The Kier molecular flexibility index (Phi) is 5.05. The normalized spacial score (nSPS) is 10.6. The molecule has 1 aromatic rings. The minimum absolute atomic E-state index is 1.08. The van der Waals surface area contributed by atoms with Crippen LogP contribution in [-0.2, 0) is 12.8 Å². The highest BCUT2D eigenvalue weighted by atomic mass is 32.1. The molecule has 0 unspecified atom stereocenters. The van der Waals surface area contributed by atoms with Crippen LogP contribution in [0.2, 0.25) is 0 Å². The largest absolute Gasteiger partial charge is 0.319 e. The first-order chi connectivity index (χ1) is 6.36. The standard InChI is InChI=1S/C10H18N2S/c1-11-7-5-9-3-4-10(13-9)6-8-12-2/h3-4,11-12H,5-8H2,1-2H3. The topological polar surface area (TPSA) is 24.1 Å². The van der Waals surface area contributed by atoms with Crippen molar-refractivity contribution in [2.24, 2.45) is 0 Å². The van der Waals surface area contributed by atoms with Crippen LogP contribution in [0.25, 0.3) is 0 Å². The van der Waals surface area contributed by atoms with Gasteiger partial charge in [-0.05, 0) is 52.2 Å². The molecule has 1 aromatic heterocycles. The summed E-state index contributed by atoms with van der Waals surface area (Å²) in [6.45, 7) is 2.15. The van der Waals surface area contributed by atoms with Crippen molar-refractivity contribution < 1.29 is 0 Å². The lowest BCUT2D eigenvalue weighted by molar-refractivity contribution is 0.798. The Balaban J connectivity index is 2.34. The maximum atomic E-state index is 3.16. The molecule has 0 aliphatic carbocycles. The number of rotatable bonds is 6. The van der Waals surface area contributed by atoms with Gasteiger partial charge in [-0.15, -0.1) is 11.3 Å². The molecule has 2 N–H and O–H groups in total. The molecular formula is C10H18N2S. The number of hydrogen-bond donors (Lipinski definition) is 2. The minimum atomic E-state index is 1.08. The van der Waals surface area contributed by atoms with Crippen molar-refractivity contribution in [3.8, 4) is 0 Å². The summed E-state index contributed by atoms with van der Waals surface area (Å²) in [6, 6.07) is 4.49. The van der Waals surface area contributed by atoms with Gasteiger partial charge in [-0.1, -0.05) is 0 Å². The van der Waals surface area contributed by atoms with Gasteiger partial charge in [0, 0.05) is 9.75 Å². The van der Waals surface area contributed by atoms with E-state index in [-0.39, 0.29) is 0 Å². The molecule has 0 aliphatic heterocycles. The molecule has 0 bridgehead atoms.